The Balaban J connectivity index is 1.97. The van der Waals surface area contributed by atoms with Crippen LogP contribution in [0.1, 0.15) is 19.4 Å². The second-order valence-electron chi connectivity index (χ2n) is 8.25. The second kappa shape index (κ2) is 6.87. The lowest BCUT2D eigenvalue weighted by Crippen LogP contribution is -2.77. The summed E-state index contributed by atoms with van der Waals surface area (Å²) in [5.74, 6) is -4.89. The molecule has 3 atom stereocenters. The Morgan fingerprint density at radius 2 is 1.74 bits per heavy atom. The number of alkyl halides is 3. The number of anilines is 1. The highest BCUT2D eigenvalue weighted by Crippen LogP contribution is 2.50. The highest BCUT2D eigenvalue weighted by atomic mass is 19.4. The van der Waals surface area contributed by atoms with Gasteiger partial charge in [0.1, 0.15) is 11.6 Å². The van der Waals surface area contributed by atoms with E-state index in [9.17, 15) is 36.3 Å². The van der Waals surface area contributed by atoms with Gasteiger partial charge in [-0.25, -0.2) is 13.6 Å². The van der Waals surface area contributed by atoms with Gasteiger partial charge in [-0.15, -0.1) is 0 Å². The molecule has 4 amide bonds. The number of hydrogen-bond acceptors (Lipinski definition) is 5. The number of amides is 4. The lowest BCUT2D eigenvalue weighted by atomic mass is 9.65. The smallest absolute Gasteiger partial charge is 0.361 e. The maximum atomic E-state index is 14.8. The minimum Gasteiger partial charge on any atom is -0.361 e. The van der Waals surface area contributed by atoms with Crippen LogP contribution in [0.3, 0.4) is 0 Å². The molecule has 3 aliphatic heterocycles. The molecule has 2 fully saturated rings. The summed E-state index contributed by atoms with van der Waals surface area (Å²) in [7, 11) is 0. The van der Waals surface area contributed by atoms with Gasteiger partial charge in [-0.3, -0.25) is 20.2 Å². The highest BCUT2D eigenvalue weighted by molar-refractivity contribution is 6.20. The number of carbonyl (C=O) groups is 3. The van der Waals surface area contributed by atoms with Crippen molar-refractivity contribution in [1.29, 1.82) is 0 Å². The van der Waals surface area contributed by atoms with E-state index in [0.717, 1.165) is 11.0 Å². The Kier molecular flexibility index (Phi) is 4.76. The van der Waals surface area contributed by atoms with Crippen molar-refractivity contribution >= 4 is 23.5 Å². The van der Waals surface area contributed by atoms with Gasteiger partial charge in [0.05, 0.1) is 24.4 Å². The van der Waals surface area contributed by atoms with E-state index >= 15 is 0 Å². The third-order valence-corrected chi connectivity index (χ3v) is 5.99. The van der Waals surface area contributed by atoms with E-state index in [1.165, 1.54) is 13.8 Å². The minimum atomic E-state index is -4.81. The zero-order chi connectivity index (χ0) is 22.9. The number of hydrogen-bond donors (Lipinski definition) is 2. The predicted octanol–water partition coefficient (Wildman–Crippen LogP) is 2.03. The quantitative estimate of drug-likeness (QED) is 0.508. The molecule has 1 aromatic rings. The van der Waals surface area contributed by atoms with Gasteiger partial charge in [-0.1, -0.05) is 13.8 Å². The summed E-state index contributed by atoms with van der Waals surface area (Å²) in [5, 5.41) is 3.92. The lowest BCUT2D eigenvalue weighted by Gasteiger charge is -2.57. The van der Waals surface area contributed by atoms with E-state index in [0.29, 0.717) is 6.07 Å². The first-order valence-electron chi connectivity index (χ1n) is 9.50. The van der Waals surface area contributed by atoms with Crippen LogP contribution in [0.4, 0.5) is 32.4 Å². The standard InChI is InChI=1S/C19H18F5N3O4/c1-7(2)13-14-18(15(28)25-17(30)26-16(18)29)5-8-3-9(20)4-10(21)12(8)27(14)6-11(31-13)19(22,23)24/h3-4,7,11,13-14H,5-6H2,1-2H3,(H2,25,26,28,29,30)/t11-,13?,14+/m0/s1. The fourth-order valence-corrected chi connectivity index (χ4v) is 4.73. The highest BCUT2D eigenvalue weighted by Gasteiger charge is 2.66. The molecule has 3 heterocycles. The van der Waals surface area contributed by atoms with Crippen molar-refractivity contribution in [2.45, 2.75) is 44.7 Å². The van der Waals surface area contributed by atoms with Crippen LogP contribution in [0, 0.1) is 23.0 Å². The summed E-state index contributed by atoms with van der Waals surface area (Å²) >= 11 is 0. The summed E-state index contributed by atoms with van der Waals surface area (Å²) in [4.78, 5) is 38.6. The first-order chi connectivity index (χ1) is 14.4. The number of halogens is 5. The van der Waals surface area contributed by atoms with Crippen molar-refractivity contribution in [3.63, 3.8) is 0 Å². The summed E-state index contributed by atoms with van der Waals surface area (Å²) in [6, 6.07) is -1.06. The Bertz CT molecular complexity index is 960. The zero-order valence-corrected chi connectivity index (χ0v) is 16.3. The molecule has 3 aliphatic rings. The zero-order valence-electron chi connectivity index (χ0n) is 16.3. The van der Waals surface area contributed by atoms with Crippen LogP contribution in [0.5, 0.6) is 0 Å². The van der Waals surface area contributed by atoms with Gasteiger partial charge in [0.2, 0.25) is 11.8 Å². The Morgan fingerprint density at radius 3 is 2.29 bits per heavy atom. The Hall–Kier alpha value is -2.76. The average molecular weight is 447 g/mol. The number of morpholine rings is 1. The third-order valence-electron chi connectivity index (χ3n) is 5.99. The van der Waals surface area contributed by atoms with E-state index in [1.807, 2.05) is 10.6 Å². The number of urea groups is 1. The maximum Gasteiger partial charge on any atom is 0.416 e. The van der Waals surface area contributed by atoms with Crippen LogP contribution in [0.2, 0.25) is 0 Å². The van der Waals surface area contributed by atoms with Crippen molar-refractivity contribution in [2.75, 3.05) is 11.4 Å². The van der Waals surface area contributed by atoms with Crippen LogP contribution in [0.15, 0.2) is 12.1 Å². The van der Waals surface area contributed by atoms with Gasteiger partial charge in [-0.05, 0) is 17.5 Å². The summed E-state index contributed by atoms with van der Waals surface area (Å²) in [6.45, 7) is 2.16. The summed E-state index contributed by atoms with van der Waals surface area (Å²) in [5.41, 5.74) is -2.61. The molecule has 12 heteroatoms. The number of carbonyl (C=O) groups excluding carboxylic acids is 3. The number of imide groups is 2. The number of rotatable bonds is 1. The SMILES string of the molecule is CC(C)C1O[C@H](C(F)(F)F)CN2c3c(F)cc(F)cc3CC3(C(=O)NC(=O)NC3=O)[C@@H]12. The van der Waals surface area contributed by atoms with Crippen molar-refractivity contribution in [1.82, 2.24) is 10.6 Å². The van der Waals surface area contributed by atoms with Crippen LogP contribution >= 0.6 is 0 Å². The molecule has 0 aliphatic carbocycles. The molecule has 0 aromatic heterocycles. The fraction of sp³-hybridized carbons (Fsp3) is 0.526. The van der Waals surface area contributed by atoms with E-state index in [1.54, 1.807) is 0 Å². The molecule has 2 N–H and O–H groups in total. The molecule has 2 saturated heterocycles. The van der Waals surface area contributed by atoms with E-state index in [2.05, 4.69) is 0 Å². The van der Waals surface area contributed by atoms with Gasteiger partial charge in [-0.2, -0.15) is 13.2 Å². The molecule has 31 heavy (non-hydrogen) atoms. The van der Waals surface area contributed by atoms with Gasteiger partial charge in [0.15, 0.2) is 11.5 Å². The molecule has 0 bridgehead atoms. The molecular weight excluding hydrogens is 429 g/mol. The molecule has 1 spiro atoms. The van der Waals surface area contributed by atoms with Crippen molar-refractivity contribution in [3.05, 3.63) is 29.3 Å². The van der Waals surface area contributed by atoms with E-state index < -0.39 is 78.2 Å². The number of fused-ring (bicyclic) bond motifs is 4. The van der Waals surface area contributed by atoms with Gasteiger partial charge in [0, 0.05) is 12.5 Å². The number of barbiturate groups is 1. The van der Waals surface area contributed by atoms with Crippen LogP contribution < -0.4 is 15.5 Å². The van der Waals surface area contributed by atoms with Gasteiger partial charge in [0.25, 0.3) is 0 Å². The largest absolute Gasteiger partial charge is 0.416 e. The molecular formula is C19H18F5N3O4. The average Bonchev–Trinajstić information content (AvgIpc) is 2.63. The Labute approximate surface area is 172 Å². The topological polar surface area (TPSA) is 87.7 Å². The number of nitrogens with zero attached hydrogens (tertiary/aromatic N) is 1. The summed E-state index contributed by atoms with van der Waals surface area (Å²) < 4.78 is 74.9. The van der Waals surface area contributed by atoms with E-state index in [-0.39, 0.29) is 11.3 Å². The molecule has 7 nitrogen and oxygen atoms in total. The third kappa shape index (κ3) is 3.15. The van der Waals surface area contributed by atoms with Gasteiger partial charge < -0.3 is 9.64 Å². The molecule has 1 unspecified atom stereocenters. The molecule has 168 valence electrons. The molecule has 0 radical (unpaired) electrons. The Morgan fingerprint density at radius 1 is 1.13 bits per heavy atom. The van der Waals surface area contributed by atoms with E-state index in [4.69, 9.17) is 4.74 Å². The fourth-order valence-electron chi connectivity index (χ4n) is 4.73. The van der Waals surface area contributed by atoms with Crippen molar-refractivity contribution in [2.24, 2.45) is 11.3 Å². The number of nitrogens with one attached hydrogen (secondary N) is 2. The second-order valence-corrected chi connectivity index (χ2v) is 8.25. The first kappa shape index (κ1) is 21.5. The minimum absolute atomic E-state index is 0.154. The van der Waals surface area contributed by atoms with Crippen molar-refractivity contribution < 1.29 is 41.1 Å². The number of benzene rings is 1. The monoisotopic (exact) mass is 447 g/mol. The number of ether oxygens (including phenoxy) is 1. The van der Waals surface area contributed by atoms with Crippen LogP contribution in [0.25, 0.3) is 0 Å². The molecule has 1 aromatic carbocycles. The van der Waals surface area contributed by atoms with Crippen LogP contribution in [-0.4, -0.2) is 48.8 Å². The predicted molar refractivity (Wildman–Crippen MR) is 94.9 cm³/mol. The van der Waals surface area contributed by atoms with Crippen molar-refractivity contribution in [3.8, 4) is 0 Å². The van der Waals surface area contributed by atoms with Crippen LogP contribution in [-0.2, 0) is 20.7 Å². The lowest BCUT2D eigenvalue weighted by molar-refractivity contribution is -0.250. The maximum absolute atomic E-state index is 14.8. The summed E-state index contributed by atoms with van der Waals surface area (Å²) in [6.07, 6.45) is -9.00. The first-order valence-corrected chi connectivity index (χ1v) is 9.50. The molecule has 4 rings (SSSR count). The van der Waals surface area contributed by atoms with Gasteiger partial charge >= 0.3 is 12.2 Å². The normalized spacial score (nSPS) is 27.7. The molecule has 0 saturated carbocycles.